The number of methoxy groups -OCH3 is 1. The smallest absolute Gasteiger partial charge is 0.255 e. The Labute approximate surface area is 126 Å². The van der Waals surface area contributed by atoms with Gasteiger partial charge in [0.1, 0.15) is 5.75 Å². The number of hydrogen-bond donors (Lipinski definition) is 2. The molecule has 4 nitrogen and oxygen atoms in total. The summed E-state index contributed by atoms with van der Waals surface area (Å²) in [6, 6.07) is 9.78. The standard InChI is InChI=1S/C14H12Cl2N2O2/c1-20-12-7-8(5-6-10(12)17)14(19)18-11-4-2-3-9(15)13(11)16/h2-7H,17H2,1H3,(H,18,19). The van der Waals surface area contributed by atoms with Gasteiger partial charge in [-0.25, -0.2) is 0 Å². The average Bonchev–Trinajstić information content (AvgIpc) is 2.44. The summed E-state index contributed by atoms with van der Waals surface area (Å²) in [7, 11) is 1.49. The molecule has 104 valence electrons. The van der Waals surface area contributed by atoms with E-state index in [0.29, 0.717) is 32.7 Å². The van der Waals surface area contributed by atoms with Crippen molar-refractivity contribution >= 4 is 40.5 Å². The molecule has 0 saturated heterocycles. The number of halogens is 2. The van der Waals surface area contributed by atoms with Gasteiger partial charge in [-0.1, -0.05) is 29.3 Å². The maximum absolute atomic E-state index is 12.1. The molecule has 0 aliphatic heterocycles. The van der Waals surface area contributed by atoms with Gasteiger partial charge in [-0.15, -0.1) is 0 Å². The van der Waals surface area contributed by atoms with Crippen LogP contribution in [-0.4, -0.2) is 13.0 Å². The van der Waals surface area contributed by atoms with Crippen LogP contribution < -0.4 is 15.8 Å². The second kappa shape index (κ2) is 6.03. The molecule has 0 radical (unpaired) electrons. The van der Waals surface area contributed by atoms with Gasteiger partial charge < -0.3 is 15.8 Å². The van der Waals surface area contributed by atoms with Gasteiger partial charge in [0.05, 0.1) is 28.5 Å². The van der Waals surface area contributed by atoms with Crippen molar-refractivity contribution in [3.8, 4) is 5.75 Å². The Hall–Kier alpha value is -1.91. The lowest BCUT2D eigenvalue weighted by atomic mass is 10.1. The zero-order valence-electron chi connectivity index (χ0n) is 10.6. The SMILES string of the molecule is COc1cc(C(=O)Nc2cccc(Cl)c2Cl)ccc1N. The zero-order valence-corrected chi connectivity index (χ0v) is 12.1. The van der Waals surface area contributed by atoms with Crippen molar-refractivity contribution in [1.82, 2.24) is 0 Å². The molecule has 0 heterocycles. The monoisotopic (exact) mass is 310 g/mol. The van der Waals surface area contributed by atoms with E-state index < -0.39 is 0 Å². The Morgan fingerprint density at radius 1 is 1.25 bits per heavy atom. The lowest BCUT2D eigenvalue weighted by molar-refractivity contribution is 0.102. The number of carbonyl (C=O) groups excluding carboxylic acids is 1. The molecule has 1 amide bonds. The highest BCUT2D eigenvalue weighted by atomic mass is 35.5. The Morgan fingerprint density at radius 3 is 2.70 bits per heavy atom. The molecular weight excluding hydrogens is 299 g/mol. The highest BCUT2D eigenvalue weighted by Gasteiger charge is 2.12. The van der Waals surface area contributed by atoms with E-state index in [1.54, 1.807) is 36.4 Å². The van der Waals surface area contributed by atoms with E-state index in [1.165, 1.54) is 7.11 Å². The first-order chi connectivity index (χ1) is 9.52. The summed E-state index contributed by atoms with van der Waals surface area (Å²) in [5.74, 6) is 0.113. The molecule has 0 atom stereocenters. The van der Waals surface area contributed by atoms with Crippen LogP contribution in [0.3, 0.4) is 0 Å². The summed E-state index contributed by atoms with van der Waals surface area (Å²) >= 11 is 11.9. The lowest BCUT2D eigenvalue weighted by Crippen LogP contribution is -2.12. The molecule has 3 N–H and O–H groups in total. The fourth-order valence-electron chi connectivity index (χ4n) is 1.65. The quantitative estimate of drug-likeness (QED) is 0.847. The zero-order chi connectivity index (χ0) is 14.7. The van der Waals surface area contributed by atoms with Crippen molar-refractivity contribution in [2.75, 3.05) is 18.2 Å². The topological polar surface area (TPSA) is 64.3 Å². The molecule has 0 aliphatic carbocycles. The maximum Gasteiger partial charge on any atom is 0.255 e. The summed E-state index contributed by atoms with van der Waals surface area (Å²) in [5, 5.41) is 3.36. The van der Waals surface area contributed by atoms with Crippen LogP contribution in [-0.2, 0) is 0 Å². The van der Waals surface area contributed by atoms with Gasteiger partial charge in [0.15, 0.2) is 0 Å². The van der Waals surface area contributed by atoms with Crippen LogP contribution in [0.25, 0.3) is 0 Å². The summed E-state index contributed by atoms with van der Waals surface area (Å²) < 4.78 is 5.08. The molecule has 0 fully saturated rings. The number of nitrogen functional groups attached to an aromatic ring is 1. The number of benzene rings is 2. The van der Waals surface area contributed by atoms with E-state index in [-0.39, 0.29) is 5.91 Å². The van der Waals surface area contributed by atoms with Gasteiger partial charge in [-0.05, 0) is 30.3 Å². The summed E-state index contributed by atoms with van der Waals surface area (Å²) in [4.78, 5) is 12.1. The molecule has 0 aliphatic rings. The molecule has 6 heteroatoms. The second-order valence-electron chi connectivity index (χ2n) is 4.01. The van der Waals surface area contributed by atoms with Crippen LogP contribution in [0.4, 0.5) is 11.4 Å². The molecule has 0 unspecified atom stereocenters. The summed E-state index contributed by atoms with van der Waals surface area (Å²) in [6.07, 6.45) is 0. The van der Waals surface area contributed by atoms with Crippen molar-refractivity contribution < 1.29 is 9.53 Å². The van der Waals surface area contributed by atoms with Crippen LogP contribution in [0.5, 0.6) is 5.75 Å². The highest BCUT2D eigenvalue weighted by Crippen LogP contribution is 2.30. The predicted molar refractivity (Wildman–Crippen MR) is 81.8 cm³/mol. The Bertz CT molecular complexity index is 660. The van der Waals surface area contributed by atoms with E-state index in [4.69, 9.17) is 33.7 Å². The van der Waals surface area contributed by atoms with Crippen LogP contribution in [0.2, 0.25) is 10.0 Å². The van der Waals surface area contributed by atoms with Crippen LogP contribution >= 0.6 is 23.2 Å². The first-order valence-corrected chi connectivity index (χ1v) is 6.47. The van der Waals surface area contributed by atoms with E-state index in [1.807, 2.05) is 0 Å². The number of rotatable bonds is 3. The number of ether oxygens (including phenoxy) is 1. The fraction of sp³-hybridized carbons (Fsp3) is 0.0714. The minimum absolute atomic E-state index is 0.296. The predicted octanol–water partition coefficient (Wildman–Crippen LogP) is 3.84. The van der Waals surface area contributed by atoms with Crippen molar-refractivity contribution in [3.05, 3.63) is 52.0 Å². The number of amides is 1. The second-order valence-corrected chi connectivity index (χ2v) is 4.80. The Balaban J connectivity index is 2.26. The molecule has 0 saturated carbocycles. The number of nitrogens with two attached hydrogens (primary N) is 1. The minimum atomic E-state index is -0.326. The van der Waals surface area contributed by atoms with Crippen LogP contribution in [0, 0.1) is 0 Å². The first-order valence-electron chi connectivity index (χ1n) is 5.72. The van der Waals surface area contributed by atoms with Gasteiger partial charge in [0, 0.05) is 5.56 Å². The molecule has 20 heavy (non-hydrogen) atoms. The third-order valence-corrected chi connectivity index (χ3v) is 3.51. The Kier molecular flexibility index (Phi) is 4.37. The van der Waals surface area contributed by atoms with Crippen LogP contribution in [0.15, 0.2) is 36.4 Å². The maximum atomic E-state index is 12.1. The first kappa shape index (κ1) is 14.5. The molecule has 2 aromatic rings. The lowest BCUT2D eigenvalue weighted by Gasteiger charge is -2.10. The van der Waals surface area contributed by atoms with Crippen molar-refractivity contribution in [3.63, 3.8) is 0 Å². The molecule has 2 aromatic carbocycles. The van der Waals surface area contributed by atoms with Crippen molar-refractivity contribution in [2.24, 2.45) is 0 Å². The minimum Gasteiger partial charge on any atom is -0.495 e. The van der Waals surface area contributed by atoms with Gasteiger partial charge in [0.2, 0.25) is 0 Å². The Morgan fingerprint density at radius 2 is 2.00 bits per heavy atom. The number of anilines is 2. The molecule has 0 aromatic heterocycles. The van der Waals surface area contributed by atoms with Gasteiger partial charge in [0.25, 0.3) is 5.91 Å². The van der Waals surface area contributed by atoms with E-state index in [2.05, 4.69) is 5.32 Å². The fourth-order valence-corrected chi connectivity index (χ4v) is 1.99. The van der Waals surface area contributed by atoms with Crippen molar-refractivity contribution in [2.45, 2.75) is 0 Å². The molecule has 2 rings (SSSR count). The number of nitrogens with one attached hydrogen (secondary N) is 1. The molecule has 0 bridgehead atoms. The van der Waals surface area contributed by atoms with Crippen LogP contribution in [0.1, 0.15) is 10.4 Å². The van der Waals surface area contributed by atoms with E-state index in [0.717, 1.165) is 0 Å². The molecule has 0 spiro atoms. The van der Waals surface area contributed by atoms with E-state index in [9.17, 15) is 4.79 Å². The number of carbonyl (C=O) groups is 1. The largest absolute Gasteiger partial charge is 0.495 e. The average molecular weight is 311 g/mol. The summed E-state index contributed by atoms with van der Waals surface area (Å²) in [6.45, 7) is 0. The van der Waals surface area contributed by atoms with Gasteiger partial charge in [-0.2, -0.15) is 0 Å². The van der Waals surface area contributed by atoms with Gasteiger partial charge in [-0.3, -0.25) is 4.79 Å². The van der Waals surface area contributed by atoms with Crippen molar-refractivity contribution in [1.29, 1.82) is 0 Å². The summed E-state index contributed by atoms with van der Waals surface area (Å²) in [5.41, 5.74) is 7.02. The normalized spacial score (nSPS) is 10.2. The third-order valence-electron chi connectivity index (χ3n) is 2.70. The highest BCUT2D eigenvalue weighted by molar-refractivity contribution is 6.44. The molecular formula is C14H12Cl2N2O2. The third kappa shape index (κ3) is 2.98. The van der Waals surface area contributed by atoms with Gasteiger partial charge >= 0.3 is 0 Å². The number of hydrogen-bond acceptors (Lipinski definition) is 3. The van der Waals surface area contributed by atoms with E-state index >= 15 is 0 Å².